The number of aromatic nitrogens is 1. The smallest absolute Gasteiger partial charge is 0.387 e. The van der Waals surface area contributed by atoms with Crippen molar-refractivity contribution in [1.29, 1.82) is 0 Å². The van der Waals surface area contributed by atoms with Crippen molar-refractivity contribution in [2.45, 2.75) is 40.0 Å². The Balaban J connectivity index is 0.00000392. The van der Waals surface area contributed by atoms with E-state index in [-0.39, 0.29) is 35.5 Å². The number of nitrogens with one attached hydrogen (secondary N) is 2. The van der Waals surface area contributed by atoms with Crippen LogP contribution < -0.4 is 20.1 Å². The lowest BCUT2D eigenvalue weighted by Gasteiger charge is -2.12. The lowest BCUT2D eigenvalue weighted by Crippen LogP contribution is -2.36. The lowest BCUT2D eigenvalue weighted by atomic mass is 10.2. The van der Waals surface area contributed by atoms with E-state index in [0.717, 1.165) is 17.0 Å². The molecule has 0 amide bonds. The predicted octanol–water partition coefficient (Wildman–Crippen LogP) is 4.19. The molecule has 2 aromatic rings. The summed E-state index contributed by atoms with van der Waals surface area (Å²) >= 11 is 1.66. The minimum Gasteiger partial charge on any atom is -0.493 e. The van der Waals surface area contributed by atoms with Crippen molar-refractivity contribution in [1.82, 2.24) is 15.6 Å². The van der Waals surface area contributed by atoms with Crippen LogP contribution >= 0.6 is 35.3 Å². The van der Waals surface area contributed by atoms with Crippen molar-refractivity contribution in [2.75, 3.05) is 13.7 Å². The third kappa shape index (κ3) is 7.74. The largest absolute Gasteiger partial charge is 0.493 e. The molecule has 2 rings (SSSR count). The molecular weight excluding hydrogens is 501 g/mol. The number of methoxy groups -OCH3 is 1. The van der Waals surface area contributed by atoms with Gasteiger partial charge in [0.15, 0.2) is 17.5 Å². The van der Waals surface area contributed by atoms with Crippen LogP contribution in [0.2, 0.25) is 0 Å². The number of thiazole rings is 1. The molecule has 6 nitrogen and oxygen atoms in total. The van der Waals surface area contributed by atoms with Gasteiger partial charge >= 0.3 is 6.61 Å². The van der Waals surface area contributed by atoms with Gasteiger partial charge in [0.1, 0.15) is 5.01 Å². The van der Waals surface area contributed by atoms with Crippen LogP contribution in [-0.2, 0) is 19.5 Å². The van der Waals surface area contributed by atoms with E-state index in [1.807, 2.05) is 13.1 Å². The van der Waals surface area contributed by atoms with E-state index >= 15 is 0 Å². The van der Waals surface area contributed by atoms with Gasteiger partial charge in [-0.15, -0.1) is 35.3 Å². The number of hydrogen-bond acceptors (Lipinski definition) is 5. The zero-order valence-electron chi connectivity index (χ0n) is 16.0. The molecule has 0 saturated carbocycles. The van der Waals surface area contributed by atoms with Gasteiger partial charge in [-0.3, -0.25) is 0 Å². The first kappa shape index (κ1) is 24.3. The predicted molar refractivity (Wildman–Crippen MR) is 118 cm³/mol. The molecule has 0 radical (unpaired) electrons. The molecule has 0 aliphatic heterocycles. The van der Waals surface area contributed by atoms with Crippen LogP contribution in [0, 0.1) is 0 Å². The maximum Gasteiger partial charge on any atom is 0.387 e. The lowest BCUT2D eigenvalue weighted by molar-refractivity contribution is -0.0512. The fourth-order valence-corrected chi connectivity index (χ4v) is 3.07. The van der Waals surface area contributed by atoms with Crippen LogP contribution in [-0.4, -0.2) is 31.2 Å². The molecule has 0 aliphatic carbocycles. The van der Waals surface area contributed by atoms with Gasteiger partial charge in [-0.2, -0.15) is 8.78 Å². The second kappa shape index (κ2) is 12.7. The summed E-state index contributed by atoms with van der Waals surface area (Å²) in [5.74, 6) is 0.870. The first-order valence-corrected chi connectivity index (χ1v) is 9.44. The molecule has 1 aromatic heterocycles. The Labute approximate surface area is 184 Å². The summed E-state index contributed by atoms with van der Waals surface area (Å²) in [6.45, 7) is 2.72. The van der Waals surface area contributed by atoms with Crippen molar-refractivity contribution in [3.63, 3.8) is 0 Å². The van der Waals surface area contributed by atoms with E-state index < -0.39 is 6.61 Å². The van der Waals surface area contributed by atoms with Crippen molar-refractivity contribution < 1.29 is 18.3 Å². The molecule has 1 heterocycles. The van der Waals surface area contributed by atoms with Crippen LogP contribution in [0.3, 0.4) is 0 Å². The number of hydrogen-bond donors (Lipinski definition) is 2. The summed E-state index contributed by atoms with van der Waals surface area (Å²) in [6, 6.07) is 4.86. The molecule has 0 aliphatic rings. The number of aryl methyl sites for hydroxylation is 1. The van der Waals surface area contributed by atoms with Crippen LogP contribution in [0.15, 0.2) is 29.4 Å². The standard InChI is InChI=1S/C18H24F2N4O2S.HI/c1-4-13-10-22-16(27-13)11-24-18(21-5-2)23-9-12-6-7-14(25-3)15(8-12)26-17(19)20;/h6-8,10,17H,4-5,9,11H2,1-3H3,(H2,21,23,24);1H. The highest BCUT2D eigenvalue weighted by Crippen LogP contribution is 2.29. The number of halogens is 3. The SMILES string of the molecule is CCNC(=NCc1ccc(OC)c(OC(F)F)c1)NCc1ncc(CC)s1.I. The molecule has 156 valence electrons. The zero-order chi connectivity index (χ0) is 19.6. The molecule has 1 aromatic carbocycles. The van der Waals surface area contributed by atoms with Gasteiger partial charge in [0, 0.05) is 17.6 Å². The van der Waals surface area contributed by atoms with E-state index in [2.05, 4.69) is 32.3 Å². The molecule has 0 saturated heterocycles. The Hall–Kier alpha value is -1.69. The van der Waals surface area contributed by atoms with Crippen LogP contribution in [0.5, 0.6) is 11.5 Å². The van der Waals surface area contributed by atoms with Gasteiger partial charge in [-0.25, -0.2) is 9.98 Å². The summed E-state index contributed by atoms with van der Waals surface area (Å²) in [5, 5.41) is 7.36. The summed E-state index contributed by atoms with van der Waals surface area (Å²) in [7, 11) is 1.40. The highest BCUT2D eigenvalue weighted by atomic mass is 127. The summed E-state index contributed by atoms with van der Waals surface area (Å²) in [4.78, 5) is 10.1. The van der Waals surface area contributed by atoms with Crippen molar-refractivity contribution in [3.05, 3.63) is 39.8 Å². The van der Waals surface area contributed by atoms with Crippen molar-refractivity contribution >= 4 is 41.3 Å². The third-order valence-electron chi connectivity index (χ3n) is 3.57. The molecule has 2 N–H and O–H groups in total. The Morgan fingerprint density at radius 2 is 2.04 bits per heavy atom. The number of benzene rings is 1. The van der Waals surface area contributed by atoms with Crippen LogP contribution in [0.1, 0.15) is 29.3 Å². The Morgan fingerprint density at radius 1 is 1.25 bits per heavy atom. The molecule has 0 unspecified atom stereocenters. The van der Waals surface area contributed by atoms with Crippen molar-refractivity contribution in [2.24, 2.45) is 4.99 Å². The maximum atomic E-state index is 12.5. The first-order chi connectivity index (χ1) is 13.0. The van der Waals surface area contributed by atoms with Crippen LogP contribution in [0.25, 0.3) is 0 Å². The fraction of sp³-hybridized carbons (Fsp3) is 0.444. The van der Waals surface area contributed by atoms with Gasteiger partial charge in [0.05, 0.1) is 20.2 Å². The Bertz CT molecular complexity index is 759. The average molecular weight is 526 g/mol. The number of nitrogens with zero attached hydrogens (tertiary/aromatic N) is 2. The topological polar surface area (TPSA) is 67.8 Å². The number of ether oxygens (including phenoxy) is 2. The second-order valence-corrected chi connectivity index (χ2v) is 6.69. The highest BCUT2D eigenvalue weighted by Gasteiger charge is 2.11. The number of rotatable bonds is 9. The quantitative estimate of drug-likeness (QED) is 0.292. The van der Waals surface area contributed by atoms with Gasteiger partial charge < -0.3 is 20.1 Å². The fourth-order valence-electron chi connectivity index (χ4n) is 2.27. The van der Waals surface area contributed by atoms with Crippen LogP contribution in [0.4, 0.5) is 8.78 Å². The molecule has 10 heteroatoms. The summed E-state index contributed by atoms with van der Waals surface area (Å²) < 4.78 is 34.6. The van der Waals surface area contributed by atoms with E-state index in [9.17, 15) is 8.78 Å². The van der Waals surface area contributed by atoms with Gasteiger partial charge in [-0.1, -0.05) is 13.0 Å². The normalized spacial score (nSPS) is 11.1. The number of aliphatic imine (C=N–C) groups is 1. The average Bonchev–Trinajstić information content (AvgIpc) is 3.12. The second-order valence-electron chi connectivity index (χ2n) is 5.49. The zero-order valence-corrected chi connectivity index (χ0v) is 19.1. The van der Waals surface area contributed by atoms with Crippen molar-refractivity contribution in [3.8, 4) is 11.5 Å². The minimum atomic E-state index is -2.91. The third-order valence-corrected chi connectivity index (χ3v) is 4.71. The van der Waals surface area contributed by atoms with E-state index in [0.29, 0.717) is 25.6 Å². The minimum absolute atomic E-state index is 0. The van der Waals surface area contributed by atoms with E-state index in [1.54, 1.807) is 23.5 Å². The molecule has 0 bridgehead atoms. The monoisotopic (exact) mass is 526 g/mol. The highest BCUT2D eigenvalue weighted by molar-refractivity contribution is 14.0. The molecular formula is C18H25F2IN4O2S. The van der Waals surface area contributed by atoms with E-state index in [1.165, 1.54) is 18.1 Å². The van der Waals surface area contributed by atoms with Gasteiger partial charge in [0.25, 0.3) is 0 Å². The Morgan fingerprint density at radius 3 is 2.64 bits per heavy atom. The summed E-state index contributed by atoms with van der Waals surface area (Å²) in [6.07, 6.45) is 2.85. The van der Waals surface area contributed by atoms with E-state index in [4.69, 9.17) is 4.74 Å². The molecule has 0 fully saturated rings. The number of alkyl halides is 2. The molecule has 0 atom stereocenters. The number of guanidine groups is 1. The molecule has 0 spiro atoms. The maximum absolute atomic E-state index is 12.5. The Kier molecular flexibility index (Phi) is 11.0. The summed E-state index contributed by atoms with van der Waals surface area (Å²) in [5.41, 5.74) is 0.728. The van der Waals surface area contributed by atoms with Gasteiger partial charge in [-0.05, 0) is 31.0 Å². The van der Waals surface area contributed by atoms with Gasteiger partial charge in [0.2, 0.25) is 0 Å². The first-order valence-electron chi connectivity index (χ1n) is 8.63. The molecule has 28 heavy (non-hydrogen) atoms.